The molecule has 2 aromatic carbocycles. The van der Waals surface area contributed by atoms with Crippen molar-refractivity contribution in [2.75, 3.05) is 25.4 Å². The van der Waals surface area contributed by atoms with Crippen LogP contribution in [-0.4, -0.2) is 36.3 Å². The van der Waals surface area contributed by atoms with Crippen molar-refractivity contribution < 1.29 is 9.53 Å². The summed E-state index contributed by atoms with van der Waals surface area (Å²) in [6.07, 6.45) is 0. The lowest BCUT2D eigenvalue weighted by Crippen LogP contribution is -2.30. The highest BCUT2D eigenvalue weighted by molar-refractivity contribution is 7.99. The Hall–Kier alpha value is -1.94. The summed E-state index contributed by atoms with van der Waals surface area (Å²) in [5, 5.41) is 0. The lowest BCUT2D eigenvalue weighted by atomic mass is 10.2. The van der Waals surface area contributed by atoms with Gasteiger partial charge in [0.05, 0.1) is 6.61 Å². The van der Waals surface area contributed by atoms with E-state index in [1.54, 1.807) is 11.8 Å². The van der Waals surface area contributed by atoms with Crippen LogP contribution in [0.25, 0.3) is 0 Å². The van der Waals surface area contributed by atoms with Gasteiger partial charge in [0.15, 0.2) is 0 Å². The molecule has 0 bridgehead atoms. The van der Waals surface area contributed by atoms with Gasteiger partial charge in [0.2, 0.25) is 0 Å². The normalized spacial score (nSPS) is 10.3. The number of hydrogen-bond donors (Lipinski definition) is 0. The van der Waals surface area contributed by atoms with Crippen LogP contribution in [0.4, 0.5) is 0 Å². The first-order valence-corrected chi connectivity index (χ1v) is 8.93. The van der Waals surface area contributed by atoms with Crippen LogP contribution in [0, 0.1) is 0 Å². The topological polar surface area (TPSA) is 29.5 Å². The predicted molar refractivity (Wildman–Crippen MR) is 96.4 cm³/mol. The number of hydrogen-bond acceptors (Lipinski definition) is 3. The molecule has 122 valence electrons. The van der Waals surface area contributed by atoms with Crippen molar-refractivity contribution in [3.63, 3.8) is 0 Å². The van der Waals surface area contributed by atoms with E-state index in [1.807, 2.05) is 61.2 Å². The van der Waals surface area contributed by atoms with Gasteiger partial charge in [0.25, 0.3) is 5.91 Å². The second-order valence-corrected chi connectivity index (χ2v) is 6.18. The fourth-order valence-electron chi connectivity index (χ4n) is 2.22. The van der Waals surface area contributed by atoms with Crippen LogP contribution in [0.2, 0.25) is 0 Å². The summed E-state index contributed by atoms with van der Waals surface area (Å²) in [4.78, 5) is 15.3. The Morgan fingerprint density at radius 3 is 2.26 bits per heavy atom. The molecule has 0 saturated carbocycles. The first kappa shape index (κ1) is 17.4. The van der Waals surface area contributed by atoms with Gasteiger partial charge in [-0.25, -0.2) is 0 Å². The van der Waals surface area contributed by atoms with Gasteiger partial charge in [-0.2, -0.15) is 0 Å². The Morgan fingerprint density at radius 1 is 1.00 bits per heavy atom. The molecule has 4 heteroatoms. The zero-order valence-electron chi connectivity index (χ0n) is 13.7. The van der Waals surface area contributed by atoms with Gasteiger partial charge < -0.3 is 9.64 Å². The molecule has 0 unspecified atom stereocenters. The molecule has 0 N–H and O–H groups in total. The van der Waals surface area contributed by atoms with Gasteiger partial charge >= 0.3 is 0 Å². The summed E-state index contributed by atoms with van der Waals surface area (Å²) < 4.78 is 5.73. The molecule has 3 nitrogen and oxygen atoms in total. The Bertz CT molecular complexity index is 595. The standard InChI is InChI=1S/C19H23NO2S/c1-3-20(4-2)19(21)16-10-12-17(13-11-16)22-14-15-23-18-8-6-5-7-9-18/h5-13H,3-4,14-15H2,1-2H3. The van der Waals surface area contributed by atoms with Gasteiger partial charge in [-0.15, -0.1) is 11.8 Å². The highest BCUT2D eigenvalue weighted by atomic mass is 32.2. The summed E-state index contributed by atoms with van der Waals surface area (Å²) >= 11 is 1.77. The maximum absolute atomic E-state index is 12.2. The molecule has 1 amide bonds. The summed E-state index contributed by atoms with van der Waals surface area (Å²) in [7, 11) is 0. The van der Waals surface area contributed by atoms with E-state index in [4.69, 9.17) is 4.74 Å². The first-order chi connectivity index (χ1) is 11.2. The van der Waals surface area contributed by atoms with Crippen molar-refractivity contribution in [2.45, 2.75) is 18.7 Å². The third-order valence-electron chi connectivity index (χ3n) is 3.52. The van der Waals surface area contributed by atoms with Crippen LogP contribution >= 0.6 is 11.8 Å². The van der Waals surface area contributed by atoms with Gasteiger partial charge in [0.1, 0.15) is 5.75 Å². The summed E-state index contributed by atoms with van der Waals surface area (Å²) in [6.45, 7) is 6.07. The molecule has 2 rings (SSSR count). The van der Waals surface area contributed by atoms with Crippen LogP contribution in [0.5, 0.6) is 5.75 Å². The average molecular weight is 329 g/mol. The second kappa shape index (κ2) is 9.26. The zero-order chi connectivity index (χ0) is 16.5. The van der Waals surface area contributed by atoms with E-state index >= 15 is 0 Å². The highest BCUT2D eigenvalue weighted by Gasteiger charge is 2.11. The first-order valence-electron chi connectivity index (χ1n) is 7.94. The number of amides is 1. The van der Waals surface area contributed by atoms with Crippen molar-refractivity contribution >= 4 is 17.7 Å². The fourth-order valence-corrected chi connectivity index (χ4v) is 2.97. The van der Waals surface area contributed by atoms with E-state index in [0.717, 1.165) is 24.6 Å². The number of carbonyl (C=O) groups excluding carboxylic acids is 1. The largest absolute Gasteiger partial charge is 0.493 e. The molecule has 0 heterocycles. The van der Waals surface area contributed by atoms with E-state index in [2.05, 4.69) is 12.1 Å². The average Bonchev–Trinajstić information content (AvgIpc) is 2.61. The fraction of sp³-hybridized carbons (Fsp3) is 0.316. The monoisotopic (exact) mass is 329 g/mol. The minimum absolute atomic E-state index is 0.0705. The Balaban J connectivity index is 1.80. The molecule has 0 saturated heterocycles. The van der Waals surface area contributed by atoms with E-state index in [-0.39, 0.29) is 5.91 Å². The van der Waals surface area contributed by atoms with Crippen molar-refractivity contribution in [1.82, 2.24) is 4.90 Å². The number of carbonyl (C=O) groups is 1. The molecule has 0 aromatic heterocycles. The van der Waals surface area contributed by atoms with E-state index in [1.165, 1.54) is 4.90 Å². The molecular formula is C19H23NO2S. The lowest BCUT2D eigenvalue weighted by molar-refractivity contribution is 0.0773. The third kappa shape index (κ3) is 5.32. The molecule has 0 aliphatic carbocycles. The van der Waals surface area contributed by atoms with Crippen molar-refractivity contribution in [3.05, 3.63) is 60.2 Å². The van der Waals surface area contributed by atoms with Crippen LogP contribution in [0.1, 0.15) is 24.2 Å². The van der Waals surface area contributed by atoms with E-state index in [0.29, 0.717) is 12.2 Å². The molecule has 0 atom stereocenters. The Labute approximate surface area is 142 Å². The predicted octanol–water partition coefficient (Wildman–Crippen LogP) is 4.34. The number of nitrogens with zero attached hydrogens (tertiary/aromatic N) is 1. The van der Waals surface area contributed by atoms with Crippen LogP contribution in [0.3, 0.4) is 0 Å². The quantitative estimate of drug-likeness (QED) is 0.533. The van der Waals surface area contributed by atoms with Gasteiger partial charge in [-0.3, -0.25) is 4.79 Å². The van der Waals surface area contributed by atoms with E-state index < -0.39 is 0 Å². The van der Waals surface area contributed by atoms with Crippen molar-refractivity contribution in [2.24, 2.45) is 0 Å². The minimum Gasteiger partial charge on any atom is -0.493 e. The molecule has 0 fully saturated rings. The van der Waals surface area contributed by atoms with Crippen LogP contribution in [0.15, 0.2) is 59.5 Å². The Morgan fingerprint density at radius 2 is 1.65 bits per heavy atom. The van der Waals surface area contributed by atoms with Crippen LogP contribution < -0.4 is 4.74 Å². The molecule has 0 radical (unpaired) electrons. The zero-order valence-corrected chi connectivity index (χ0v) is 14.5. The van der Waals surface area contributed by atoms with Gasteiger partial charge in [-0.05, 0) is 50.2 Å². The summed E-state index contributed by atoms with van der Waals surface area (Å²) in [6, 6.07) is 17.7. The highest BCUT2D eigenvalue weighted by Crippen LogP contribution is 2.18. The molecular weight excluding hydrogens is 306 g/mol. The summed E-state index contributed by atoms with van der Waals surface area (Å²) in [5.74, 6) is 1.76. The number of benzene rings is 2. The maximum atomic E-state index is 12.2. The number of rotatable bonds is 8. The molecule has 0 aliphatic rings. The smallest absolute Gasteiger partial charge is 0.253 e. The molecule has 0 aliphatic heterocycles. The molecule has 0 spiro atoms. The molecule has 2 aromatic rings. The SMILES string of the molecule is CCN(CC)C(=O)c1ccc(OCCSc2ccccc2)cc1. The van der Waals surface area contributed by atoms with Gasteiger partial charge in [-0.1, -0.05) is 18.2 Å². The van der Waals surface area contributed by atoms with Gasteiger partial charge in [0, 0.05) is 29.3 Å². The minimum atomic E-state index is 0.0705. The Kier molecular flexibility index (Phi) is 7.01. The number of ether oxygens (including phenoxy) is 1. The lowest BCUT2D eigenvalue weighted by Gasteiger charge is -2.18. The van der Waals surface area contributed by atoms with Crippen molar-refractivity contribution in [3.8, 4) is 5.75 Å². The third-order valence-corrected chi connectivity index (χ3v) is 4.49. The molecule has 23 heavy (non-hydrogen) atoms. The summed E-state index contributed by atoms with van der Waals surface area (Å²) in [5.41, 5.74) is 0.708. The van der Waals surface area contributed by atoms with Crippen LogP contribution in [-0.2, 0) is 0 Å². The van der Waals surface area contributed by atoms with Crippen molar-refractivity contribution in [1.29, 1.82) is 0 Å². The van der Waals surface area contributed by atoms with E-state index in [9.17, 15) is 4.79 Å². The number of thioether (sulfide) groups is 1. The second-order valence-electron chi connectivity index (χ2n) is 5.01. The maximum Gasteiger partial charge on any atom is 0.253 e.